The van der Waals surface area contributed by atoms with Gasteiger partial charge in [-0.2, -0.15) is 4.39 Å². The molecule has 1 aromatic heterocycles. The van der Waals surface area contributed by atoms with Crippen molar-refractivity contribution >= 4 is 0 Å². The van der Waals surface area contributed by atoms with Crippen molar-refractivity contribution in [1.82, 2.24) is 4.98 Å². The molecule has 1 aromatic carbocycles. The van der Waals surface area contributed by atoms with Crippen LogP contribution >= 0.6 is 0 Å². The highest BCUT2D eigenvalue weighted by Gasteiger charge is 2.13. The Hall–Kier alpha value is -1.97. The van der Waals surface area contributed by atoms with Crippen molar-refractivity contribution in [3.63, 3.8) is 0 Å². The van der Waals surface area contributed by atoms with Gasteiger partial charge in [0, 0.05) is 18.0 Å². The fraction of sp³-hybridized carbons (Fsp3) is 0. The Morgan fingerprint density at radius 2 is 1.60 bits per heavy atom. The van der Waals surface area contributed by atoms with E-state index in [4.69, 9.17) is 5.11 Å². The molecule has 76 valence electrons. The maximum atomic E-state index is 13.4. The summed E-state index contributed by atoms with van der Waals surface area (Å²) in [4.78, 5) is 3.77. The maximum absolute atomic E-state index is 13.4. The molecule has 0 saturated carbocycles. The number of hydrogen-bond acceptors (Lipinski definition) is 2. The van der Waals surface area contributed by atoms with Crippen LogP contribution in [0, 0.1) is 11.6 Å². The second-order valence-electron chi connectivity index (χ2n) is 3.00. The lowest BCUT2D eigenvalue weighted by atomic mass is 10.1. The Bertz CT molecular complexity index is 485. The molecule has 2 aromatic rings. The van der Waals surface area contributed by atoms with Gasteiger partial charge in [0.25, 0.3) is 0 Å². The van der Waals surface area contributed by atoms with Crippen LogP contribution in [0.15, 0.2) is 36.7 Å². The molecule has 0 radical (unpaired) electrons. The average Bonchev–Trinajstić information content (AvgIpc) is 2.27. The summed E-state index contributed by atoms with van der Waals surface area (Å²) in [7, 11) is 0. The summed E-state index contributed by atoms with van der Waals surface area (Å²) in [5.74, 6) is -2.98. The van der Waals surface area contributed by atoms with Gasteiger partial charge >= 0.3 is 0 Å². The molecular formula is C11H7F2NO. The number of rotatable bonds is 1. The zero-order valence-corrected chi connectivity index (χ0v) is 7.61. The molecule has 0 saturated heterocycles. The van der Waals surface area contributed by atoms with Gasteiger partial charge in [-0.25, -0.2) is 4.39 Å². The number of hydrogen-bond donors (Lipinski definition) is 1. The highest BCUT2D eigenvalue weighted by molar-refractivity contribution is 5.64. The lowest BCUT2D eigenvalue weighted by Gasteiger charge is -2.04. The summed E-state index contributed by atoms with van der Waals surface area (Å²) in [5.41, 5.74) is 0.620. The minimum Gasteiger partial charge on any atom is -0.505 e. The molecule has 0 aliphatic heterocycles. The number of phenols is 1. The van der Waals surface area contributed by atoms with E-state index >= 15 is 0 Å². The molecule has 0 bridgehead atoms. The molecule has 0 atom stereocenters. The number of aromatic hydroxyl groups is 1. The highest BCUT2D eigenvalue weighted by Crippen LogP contribution is 2.28. The van der Waals surface area contributed by atoms with E-state index in [1.54, 1.807) is 12.1 Å². The van der Waals surface area contributed by atoms with Crippen molar-refractivity contribution in [3.05, 3.63) is 48.3 Å². The van der Waals surface area contributed by atoms with Gasteiger partial charge in [0.15, 0.2) is 11.6 Å². The maximum Gasteiger partial charge on any atom is 0.200 e. The first-order chi connectivity index (χ1) is 7.20. The lowest BCUT2D eigenvalue weighted by molar-refractivity contribution is 0.408. The Morgan fingerprint density at radius 3 is 2.27 bits per heavy atom. The molecule has 15 heavy (non-hydrogen) atoms. The number of nitrogens with zero attached hydrogens (tertiary/aromatic N) is 1. The SMILES string of the molecule is Oc1ccc(-c2ccncc2)c(F)c1F. The zero-order chi connectivity index (χ0) is 10.8. The summed E-state index contributed by atoms with van der Waals surface area (Å²) < 4.78 is 26.4. The van der Waals surface area contributed by atoms with Crippen molar-refractivity contribution in [2.24, 2.45) is 0 Å². The monoisotopic (exact) mass is 207 g/mol. The fourth-order valence-electron chi connectivity index (χ4n) is 1.29. The lowest BCUT2D eigenvalue weighted by Crippen LogP contribution is -1.90. The van der Waals surface area contributed by atoms with Crippen LogP contribution in [0.3, 0.4) is 0 Å². The molecular weight excluding hydrogens is 200 g/mol. The van der Waals surface area contributed by atoms with Crippen molar-refractivity contribution < 1.29 is 13.9 Å². The van der Waals surface area contributed by atoms with Gasteiger partial charge in [0.2, 0.25) is 5.82 Å². The quantitative estimate of drug-likeness (QED) is 0.779. The van der Waals surface area contributed by atoms with Crippen LogP contribution in [-0.2, 0) is 0 Å². The standard InChI is InChI=1S/C11H7F2NO/c12-10-8(1-2-9(15)11(10)13)7-3-5-14-6-4-7/h1-6,15H. The van der Waals surface area contributed by atoms with E-state index in [1.165, 1.54) is 18.5 Å². The number of aromatic nitrogens is 1. The third-order valence-corrected chi connectivity index (χ3v) is 2.05. The second-order valence-corrected chi connectivity index (χ2v) is 3.00. The van der Waals surface area contributed by atoms with E-state index in [9.17, 15) is 8.78 Å². The summed E-state index contributed by atoms with van der Waals surface area (Å²) in [6.45, 7) is 0. The predicted octanol–water partition coefficient (Wildman–Crippen LogP) is 2.73. The Balaban J connectivity index is 2.60. The molecule has 0 aliphatic carbocycles. The number of pyridine rings is 1. The van der Waals surface area contributed by atoms with Crippen LogP contribution in [0.2, 0.25) is 0 Å². The van der Waals surface area contributed by atoms with E-state index < -0.39 is 17.4 Å². The van der Waals surface area contributed by atoms with Gasteiger partial charge in [-0.3, -0.25) is 4.98 Å². The zero-order valence-electron chi connectivity index (χ0n) is 7.61. The number of phenolic OH excluding ortho intramolecular Hbond substituents is 1. The van der Waals surface area contributed by atoms with Crippen molar-refractivity contribution in [1.29, 1.82) is 0 Å². The molecule has 4 heteroatoms. The minimum absolute atomic E-state index is 0.104. The van der Waals surface area contributed by atoms with Crippen molar-refractivity contribution in [2.45, 2.75) is 0 Å². The van der Waals surface area contributed by atoms with Crippen molar-refractivity contribution in [2.75, 3.05) is 0 Å². The van der Waals surface area contributed by atoms with Crippen LogP contribution in [0.5, 0.6) is 5.75 Å². The van der Waals surface area contributed by atoms with Gasteiger partial charge in [-0.15, -0.1) is 0 Å². The minimum atomic E-state index is -1.23. The number of benzene rings is 1. The molecule has 0 unspecified atom stereocenters. The average molecular weight is 207 g/mol. The summed E-state index contributed by atoms with van der Waals surface area (Å²) in [5, 5.41) is 8.94. The van der Waals surface area contributed by atoms with E-state index in [-0.39, 0.29) is 5.56 Å². The Morgan fingerprint density at radius 1 is 0.933 bits per heavy atom. The smallest absolute Gasteiger partial charge is 0.200 e. The summed E-state index contributed by atoms with van der Waals surface area (Å²) >= 11 is 0. The third-order valence-electron chi connectivity index (χ3n) is 2.05. The van der Waals surface area contributed by atoms with E-state index in [1.807, 2.05) is 0 Å². The Kier molecular flexibility index (Phi) is 2.33. The van der Waals surface area contributed by atoms with E-state index in [0.717, 1.165) is 6.07 Å². The molecule has 0 aliphatic rings. The van der Waals surface area contributed by atoms with Crippen molar-refractivity contribution in [3.8, 4) is 16.9 Å². The first-order valence-electron chi connectivity index (χ1n) is 4.27. The van der Waals surface area contributed by atoms with E-state index in [2.05, 4.69) is 4.98 Å². The van der Waals surface area contributed by atoms with Gasteiger partial charge in [-0.1, -0.05) is 0 Å². The molecule has 0 spiro atoms. The number of halogens is 2. The van der Waals surface area contributed by atoms with Crippen LogP contribution in [0.4, 0.5) is 8.78 Å². The first-order valence-corrected chi connectivity index (χ1v) is 4.27. The van der Waals surface area contributed by atoms with Crippen LogP contribution in [-0.4, -0.2) is 10.1 Å². The molecule has 2 nitrogen and oxygen atoms in total. The van der Waals surface area contributed by atoms with Crippen LogP contribution < -0.4 is 0 Å². The van der Waals surface area contributed by atoms with Crippen LogP contribution in [0.1, 0.15) is 0 Å². The topological polar surface area (TPSA) is 33.1 Å². The van der Waals surface area contributed by atoms with Gasteiger partial charge < -0.3 is 5.11 Å². The molecule has 2 rings (SSSR count). The summed E-state index contributed by atoms with van der Waals surface area (Å²) in [6.07, 6.45) is 2.97. The van der Waals surface area contributed by atoms with Crippen LogP contribution in [0.25, 0.3) is 11.1 Å². The molecule has 1 heterocycles. The fourth-order valence-corrected chi connectivity index (χ4v) is 1.29. The molecule has 0 amide bonds. The Labute approximate surface area is 84.8 Å². The third kappa shape index (κ3) is 1.66. The molecule has 1 N–H and O–H groups in total. The highest BCUT2D eigenvalue weighted by atomic mass is 19.2. The van der Waals surface area contributed by atoms with Gasteiger partial charge in [-0.05, 0) is 29.8 Å². The van der Waals surface area contributed by atoms with Gasteiger partial charge in [0.05, 0.1) is 0 Å². The normalized spacial score (nSPS) is 10.3. The summed E-state index contributed by atoms with van der Waals surface area (Å²) in [6, 6.07) is 5.57. The largest absolute Gasteiger partial charge is 0.505 e. The predicted molar refractivity (Wildman–Crippen MR) is 51.3 cm³/mol. The van der Waals surface area contributed by atoms with Gasteiger partial charge in [0.1, 0.15) is 0 Å². The second kappa shape index (κ2) is 3.65. The first kappa shape index (κ1) is 9.58. The molecule has 0 fully saturated rings. The van der Waals surface area contributed by atoms with E-state index in [0.29, 0.717) is 5.56 Å².